The number of aliphatic hydroxyl groups is 1. The second kappa shape index (κ2) is 3.72. The molecule has 0 saturated heterocycles. The largest absolute Gasteiger partial charge is 0.478 e. The van der Waals surface area contributed by atoms with E-state index in [9.17, 15) is 9.90 Å². The molecular weight excluding hydrogens is 156 g/mol. The van der Waals surface area contributed by atoms with Crippen LogP contribution in [0.4, 0.5) is 0 Å². The van der Waals surface area contributed by atoms with Gasteiger partial charge in [0.05, 0.1) is 5.60 Å². The summed E-state index contributed by atoms with van der Waals surface area (Å²) in [5.74, 6) is -0.992. The van der Waals surface area contributed by atoms with Crippen molar-refractivity contribution < 1.29 is 15.0 Å². The van der Waals surface area contributed by atoms with Gasteiger partial charge in [-0.3, -0.25) is 0 Å². The van der Waals surface area contributed by atoms with Gasteiger partial charge in [0.1, 0.15) is 0 Å². The zero-order chi connectivity index (χ0) is 9.03. The lowest BCUT2D eigenvalue weighted by Crippen LogP contribution is -2.28. The molecule has 2 N–H and O–H groups in total. The Morgan fingerprint density at radius 1 is 1.25 bits per heavy atom. The maximum atomic E-state index is 10.2. The first-order chi connectivity index (χ1) is 5.62. The molecule has 0 spiro atoms. The molecule has 3 nitrogen and oxygen atoms in total. The Bertz CT molecular complexity index is 190. The summed E-state index contributed by atoms with van der Waals surface area (Å²) in [6.07, 6.45) is 6.94. The standard InChI is InChI=1S/C9H14O3/c10-8(11)4-7-9(12)5-2-1-3-6-9/h4,7,12H,1-3,5-6H2,(H,10,11). The van der Waals surface area contributed by atoms with E-state index in [1.165, 1.54) is 6.08 Å². The van der Waals surface area contributed by atoms with Gasteiger partial charge in [-0.25, -0.2) is 4.79 Å². The van der Waals surface area contributed by atoms with Gasteiger partial charge in [0.2, 0.25) is 0 Å². The Balaban J connectivity index is 2.52. The molecule has 68 valence electrons. The average Bonchev–Trinajstić information content (AvgIpc) is 2.03. The van der Waals surface area contributed by atoms with Crippen LogP contribution in [-0.2, 0) is 4.79 Å². The summed E-state index contributed by atoms with van der Waals surface area (Å²) < 4.78 is 0. The molecule has 1 aliphatic carbocycles. The molecule has 0 aromatic heterocycles. The zero-order valence-corrected chi connectivity index (χ0v) is 6.99. The van der Waals surface area contributed by atoms with Crippen LogP contribution in [0.5, 0.6) is 0 Å². The van der Waals surface area contributed by atoms with Crippen molar-refractivity contribution in [3.8, 4) is 0 Å². The first-order valence-corrected chi connectivity index (χ1v) is 4.27. The van der Waals surface area contributed by atoms with Crippen molar-refractivity contribution in [2.45, 2.75) is 37.7 Å². The molecule has 0 aromatic carbocycles. The number of carboxylic acid groups (broad SMARTS) is 1. The highest BCUT2D eigenvalue weighted by atomic mass is 16.4. The van der Waals surface area contributed by atoms with Gasteiger partial charge in [-0.05, 0) is 18.9 Å². The topological polar surface area (TPSA) is 57.5 Å². The van der Waals surface area contributed by atoms with Crippen LogP contribution in [0.3, 0.4) is 0 Å². The summed E-state index contributed by atoms with van der Waals surface area (Å²) in [5.41, 5.74) is -0.851. The molecule has 0 heterocycles. The molecule has 0 aromatic rings. The fraction of sp³-hybridized carbons (Fsp3) is 0.667. The van der Waals surface area contributed by atoms with E-state index in [1.54, 1.807) is 0 Å². The van der Waals surface area contributed by atoms with Crippen LogP contribution in [0.2, 0.25) is 0 Å². The molecule has 0 unspecified atom stereocenters. The Kier molecular flexibility index (Phi) is 2.87. The van der Waals surface area contributed by atoms with Gasteiger partial charge in [-0.2, -0.15) is 0 Å². The van der Waals surface area contributed by atoms with Crippen molar-refractivity contribution in [1.29, 1.82) is 0 Å². The Hall–Kier alpha value is -0.830. The van der Waals surface area contributed by atoms with Crippen molar-refractivity contribution in [3.63, 3.8) is 0 Å². The monoisotopic (exact) mass is 170 g/mol. The molecule has 1 fully saturated rings. The van der Waals surface area contributed by atoms with Crippen LogP contribution < -0.4 is 0 Å². The van der Waals surface area contributed by atoms with E-state index in [4.69, 9.17) is 5.11 Å². The number of aliphatic carboxylic acids is 1. The van der Waals surface area contributed by atoms with Gasteiger partial charge in [0.25, 0.3) is 0 Å². The van der Waals surface area contributed by atoms with Crippen LogP contribution in [0.25, 0.3) is 0 Å². The van der Waals surface area contributed by atoms with Crippen molar-refractivity contribution in [2.75, 3.05) is 0 Å². The maximum absolute atomic E-state index is 10.2. The number of rotatable bonds is 2. The van der Waals surface area contributed by atoms with E-state index >= 15 is 0 Å². The van der Waals surface area contributed by atoms with Gasteiger partial charge in [0, 0.05) is 6.08 Å². The lowest BCUT2D eigenvalue weighted by atomic mass is 9.85. The maximum Gasteiger partial charge on any atom is 0.328 e. The van der Waals surface area contributed by atoms with Gasteiger partial charge >= 0.3 is 5.97 Å². The van der Waals surface area contributed by atoms with E-state index in [2.05, 4.69) is 0 Å². The predicted molar refractivity (Wildman–Crippen MR) is 44.8 cm³/mol. The third kappa shape index (κ3) is 2.66. The fourth-order valence-corrected chi connectivity index (χ4v) is 1.56. The summed E-state index contributed by atoms with van der Waals surface area (Å²) in [6.45, 7) is 0. The predicted octanol–water partition coefficient (Wildman–Crippen LogP) is 1.32. The molecule has 0 bridgehead atoms. The van der Waals surface area contributed by atoms with Crippen molar-refractivity contribution in [3.05, 3.63) is 12.2 Å². The Morgan fingerprint density at radius 2 is 1.83 bits per heavy atom. The molecule has 1 rings (SSSR count). The quantitative estimate of drug-likeness (QED) is 0.614. The van der Waals surface area contributed by atoms with E-state index in [0.717, 1.165) is 25.3 Å². The van der Waals surface area contributed by atoms with Crippen LogP contribution in [0.15, 0.2) is 12.2 Å². The van der Waals surface area contributed by atoms with Gasteiger partial charge in [0.15, 0.2) is 0 Å². The van der Waals surface area contributed by atoms with E-state index in [-0.39, 0.29) is 0 Å². The summed E-state index contributed by atoms with van der Waals surface area (Å²) in [6, 6.07) is 0. The average molecular weight is 170 g/mol. The molecule has 1 saturated carbocycles. The number of hydrogen-bond donors (Lipinski definition) is 2. The normalized spacial score (nSPS) is 22.8. The third-order valence-corrected chi connectivity index (χ3v) is 2.26. The highest BCUT2D eigenvalue weighted by molar-refractivity contribution is 5.79. The minimum Gasteiger partial charge on any atom is -0.478 e. The molecule has 3 heteroatoms. The third-order valence-electron chi connectivity index (χ3n) is 2.26. The second-order valence-electron chi connectivity index (χ2n) is 3.34. The number of carboxylic acids is 1. The summed E-state index contributed by atoms with van der Waals surface area (Å²) in [5, 5.41) is 18.1. The Morgan fingerprint density at radius 3 is 2.33 bits per heavy atom. The highest BCUT2D eigenvalue weighted by Gasteiger charge is 2.25. The number of hydrogen-bond acceptors (Lipinski definition) is 2. The molecule has 0 atom stereocenters. The SMILES string of the molecule is O=C(O)C=CC1(O)CCCCC1. The zero-order valence-electron chi connectivity index (χ0n) is 6.99. The lowest BCUT2D eigenvalue weighted by Gasteiger charge is -2.28. The van der Waals surface area contributed by atoms with Crippen molar-refractivity contribution >= 4 is 5.97 Å². The first kappa shape index (κ1) is 9.26. The molecule has 12 heavy (non-hydrogen) atoms. The smallest absolute Gasteiger partial charge is 0.328 e. The van der Waals surface area contributed by atoms with E-state index in [0.29, 0.717) is 12.8 Å². The van der Waals surface area contributed by atoms with Gasteiger partial charge < -0.3 is 10.2 Å². The Labute approximate surface area is 71.7 Å². The molecular formula is C9H14O3. The summed E-state index contributed by atoms with van der Waals surface area (Å²) >= 11 is 0. The second-order valence-corrected chi connectivity index (χ2v) is 3.34. The van der Waals surface area contributed by atoms with Gasteiger partial charge in [-0.1, -0.05) is 19.3 Å². The van der Waals surface area contributed by atoms with Crippen LogP contribution in [0, 0.1) is 0 Å². The molecule has 1 aliphatic rings. The minimum absolute atomic E-state index is 0.691. The molecule has 0 amide bonds. The summed E-state index contributed by atoms with van der Waals surface area (Å²) in [4.78, 5) is 10.2. The first-order valence-electron chi connectivity index (χ1n) is 4.27. The van der Waals surface area contributed by atoms with E-state index in [1.807, 2.05) is 0 Å². The van der Waals surface area contributed by atoms with Crippen LogP contribution in [-0.4, -0.2) is 21.8 Å². The van der Waals surface area contributed by atoms with E-state index < -0.39 is 11.6 Å². The van der Waals surface area contributed by atoms with Crippen molar-refractivity contribution in [2.24, 2.45) is 0 Å². The van der Waals surface area contributed by atoms with Crippen LogP contribution in [0.1, 0.15) is 32.1 Å². The molecule has 0 radical (unpaired) electrons. The minimum atomic E-state index is -0.992. The molecule has 0 aliphatic heterocycles. The fourth-order valence-electron chi connectivity index (χ4n) is 1.56. The van der Waals surface area contributed by atoms with Crippen LogP contribution >= 0.6 is 0 Å². The number of carbonyl (C=O) groups is 1. The summed E-state index contributed by atoms with van der Waals surface area (Å²) in [7, 11) is 0. The lowest BCUT2D eigenvalue weighted by molar-refractivity contribution is -0.131. The van der Waals surface area contributed by atoms with Gasteiger partial charge in [-0.15, -0.1) is 0 Å². The van der Waals surface area contributed by atoms with Crippen molar-refractivity contribution in [1.82, 2.24) is 0 Å². The highest BCUT2D eigenvalue weighted by Crippen LogP contribution is 2.28.